The molecule has 9 nitrogen and oxygen atoms in total. The number of rotatable bonds is 7. The number of aliphatic carboxylic acids is 2. The van der Waals surface area contributed by atoms with Crippen molar-refractivity contribution in [1.82, 2.24) is 5.32 Å². The average molecular weight is 310 g/mol. The van der Waals surface area contributed by atoms with Crippen molar-refractivity contribution in [1.29, 1.82) is 0 Å². The third-order valence-corrected chi connectivity index (χ3v) is 2.32. The fourth-order valence-electron chi connectivity index (χ4n) is 0.633. The monoisotopic (exact) mass is 310 g/mol. The molecule has 0 heterocycles. The van der Waals surface area contributed by atoms with Crippen LogP contribution in [-0.4, -0.2) is 60.5 Å². The van der Waals surface area contributed by atoms with Gasteiger partial charge >= 0.3 is 41.5 Å². The molecule has 0 aromatic carbocycles. The molecule has 0 spiro atoms. The van der Waals surface area contributed by atoms with Crippen molar-refractivity contribution in [2.75, 3.05) is 19.3 Å². The Balaban J connectivity index is -0.000000119. The summed E-state index contributed by atoms with van der Waals surface area (Å²) in [4.78, 5) is 19.9. The fraction of sp³-hybridized carbons (Fsp3) is 0.750. The molecule has 0 aromatic rings. The van der Waals surface area contributed by atoms with Crippen LogP contribution in [-0.2, 0) is 19.7 Å². The maximum absolute atomic E-state index is 9.99. The second-order valence-electron chi connectivity index (χ2n) is 3.27. The molecule has 0 aliphatic heterocycles. The molecule has 0 bridgehead atoms. The molecule has 0 aliphatic carbocycles. The number of carboxylic acids is 2. The molecule has 0 saturated heterocycles. The maximum Gasteiger partial charge on any atom is 1.00 e. The summed E-state index contributed by atoms with van der Waals surface area (Å²) in [6.07, 6.45) is -0.224. The number of carboxylic acid groups (broad SMARTS) is 2. The second kappa shape index (κ2) is 12.8. The number of carbonyl (C=O) groups is 2. The van der Waals surface area contributed by atoms with Gasteiger partial charge in [-0.2, -0.15) is 8.42 Å². The minimum absolute atomic E-state index is 0. The molecule has 0 aliphatic rings. The Bertz CT molecular complexity index is 366. The SMILES string of the molecule is CNCCS(=O)(=O)O.NC(CCC(=O)O)C(=O)O.[H-].[Na+]. The quantitative estimate of drug-likeness (QED) is 0.230. The van der Waals surface area contributed by atoms with Crippen molar-refractivity contribution in [3.05, 3.63) is 0 Å². The topological polar surface area (TPSA) is 167 Å². The third-order valence-electron chi connectivity index (χ3n) is 1.60. The van der Waals surface area contributed by atoms with Gasteiger partial charge < -0.3 is 22.7 Å². The summed E-state index contributed by atoms with van der Waals surface area (Å²) < 4.78 is 27.9. The van der Waals surface area contributed by atoms with Crippen LogP contribution in [0.15, 0.2) is 0 Å². The first-order valence-corrected chi connectivity index (χ1v) is 6.51. The molecule has 1 atom stereocenters. The Kier molecular flexibility index (Phi) is 16.0. The van der Waals surface area contributed by atoms with E-state index in [1.54, 1.807) is 7.05 Å². The van der Waals surface area contributed by atoms with Gasteiger partial charge in [-0.15, -0.1) is 0 Å². The zero-order valence-corrected chi connectivity index (χ0v) is 13.7. The van der Waals surface area contributed by atoms with Crippen LogP contribution in [0.5, 0.6) is 0 Å². The van der Waals surface area contributed by atoms with E-state index in [0.29, 0.717) is 6.54 Å². The van der Waals surface area contributed by atoms with Crippen LogP contribution in [0.1, 0.15) is 14.3 Å². The second-order valence-corrected chi connectivity index (χ2v) is 4.84. The third kappa shape index (κ3) is 23.3. The smallest absolute Gasteiger partial charge is 1.00 e. The molecule has 19 heavy (non-hydrogen) atoms. The van der Waals surface area contributed by atoms with Crippen LogP contribution < -0.4 is 40.6 Å². The summed E-state index contributed by atoms with van der Waals surface area (Å²) in [7, 11) is -2.13. The zero-order chi connectivity index (χ0) is 14.8. The van der Waals surface area contributed by atoms with Gasteiger partial charge in [-0.05, 0) is 13.5 Å². The van der Waals surface area contributed by atoms with E-state index in [4.69, 9.17) is 20.5 Å². The number of nitrogens with one attached hydrogen (secondary N) is 1. The van der Waals surface area contributed by atoms with Crippen LogP contribution in [0.3, 0.4) is 0 Å². The van der Waals surface area contributed by atoms with Crippen LogP contribution in [0.25, 0.3) is 0 Å². The predicted molar refractivity (Wildman–Crippen MR) is 63.9 cm³/mol. The van der Waals surface area contributed by atoms with Crippen LogP contribution >= 0.6 is 0 Å². The molecule has 6 N–H and O–H groups in total. The van der Waals surface area contributed by atoms with Gasteiger partial charge in [0.05, 0.1) is 5.75 Å². The number of hydrogen-bond acceptors (Lipinski definition) is 6. The van der Waals surface area contributed by atoms with Crippen molar-refractivity contribution in [2.24, 2.45) is 5.73 Å². The van der Waals surface area contributed by atoms with Crippen LogP contribution in [0.2, 0.25) is 0 Å². The van der Waals surface area contributed by atoms with Gasteiger partial charge in [0.15, 0.2) is 0 Å². The van der Waals surface area contributed by atoms with Crippen LogP contribution in [0.4, 0.5) is 0 Å². The van der Waals surface area contributed by atoms with E-state index in [-0.39, 0.29) is 49.6 Å². The molecular weight excluding hydrogens is 291 g/mol. The van der Waals surface area contributed by atoms with E-state index in [0.717, 1.165) is 0 Å². The van der Waals surface area contributed by atoms with E-state index >= 15 is 0 Å². The molecular formula is C8H19N2NaO7S. The Labute approximate surface area is 135 Å². The molecule has 110 valence electrons. The van der Waals surface area contributed by atoms with Gasteiger partial charge in [-0.3, -0.25) is 14.1 Å². The van der Waals surface area contributed by atoms with Gasteiger partial charge in [-0.25, -0.2) is 0 Å². The zero-order valence-electron chi connectivity index (χ0n) is 11.9. The minimum atomic E-state index is -3.75. The Morgan fingerprint density at radius 2 is 1.84 bits per heavy atom. The first-order chi connectivity index (χ1) is 8.10. The van der Waals surface area contributed by atoms with Crippen molar-refractivity contribution in [3.8, 4) is 0 Å². The first kappa shape index (κ1) is 23.8. The van der Waals surface area contributed by atoms with E-state index in [1.807, 2.05) is 0 Å². The van der Waals surface area contributed by atoms with Gasteiger partial charge in [0.1, 0.15) is 6.04 Å². The normalized spacial score (nSPS) is 11.5. The summed E-state index contributed by atoms with van der Waals surface area (Å²) in [5.74, 6) is -2.42. The van der Waals surface area contributed by atoms with Crippen LogP contribution in [0, 0.1) is 0 Å². The van der Waals surface area contributed by atoms with E-state index in [9.17, 15) is 18.0 Å². The molecule has 0 aromatic heterocycles. The van der Waals surface area contributed by atoms with Crippen molar-refractivity contribution < 1.29 is 63.8 Å². The molecule has 0 fully saturated rings. The molecule has 0 rings (SSSR count). The minimum Gasteiger partial charge on any atom is -1.00 e. The number of hydrogen-bond donors (Lipinski definition) is 5. The molecule has 0 saturated carbocycles. The predicted octanol–water partition coefficient (Wildman–Crippen LogP) is -4.53. The van der Waals surface area contributed by atoms with Gasteiger partial charge in [0.2, 0.25) is 0 Å². The molecule has 0 amide bonds. The summed E-state index contributed by atoms with van der Waals surface area (Å²) in [5.41, 5.74) is 5.00. The Morgan fingerprint density at radius 1 is 1.37 bits per heavy atom. The largest absolute Gasteiger partial charge is 1.00 e. The number of nitrogens with two attached hydrogens (primary N) is 1. The van der Waals surface area contributed by atoms with Gasteiger partial charge in [0, 0.05) is 13.0 Å². The molecule has 0 radical (unpaired) electrons. The standard InChI is InChI=1S/C5H9NO4.C3H9NO3S.Na.H/c6-3(5(9)10)1-2-4(7)8;1-4-2-3-8(5,6)7;;/h3H,1-2,6H2,(H,7,8)(H,9,10);4H,2-3H2,1H3,(H,5,6,7);;/q;;+1;-1. The summed E-state index contributed by atoms with van der Waals surface area (Å²) >= 11 is 0. The van der Waals surface area contributed by atoms with Crippen molar-refractivity contribution >= 4 is 22.1 Å². The van der Waals surface area contributed by atoms with Crippen molar-refractivity contribution in [3.63, 3.8) is 0 Å². The van der Waals surface area contributed by atoms with E-state index < -0.39 is 28.1 Å². The fourth-order valence-corrected chi connectivity index (χ4v) is 1.10. The first-order valence-electron chi connectivity index (χ1n) is 4.90. The van der Waals surface area contributed by atoms with E-state index in [2.05, 4.69) is 5.32 Å². The Morgan fingerprint density at radius 3 is 2.05 bits per heavy atom. The van der Waals surface area contributed by atoms with Crippen molar-refractivity contribution in [2.45, 2.75) is 18.9 Å². The van der Waals surface area contributed by atoms with E-state index in [1.165, 1.54) is 0 Å². The Hall–Kier alpha value is -0.230. The average Bonchev–Trinajstić information content (AvgIpc) is 2.22. The summed E-state index contributed by atoms with van der Waals surface area (Å²) in [5, 5.41) is 18.9. The molecule has 1 unspecified atom stereocenters. The summed E-state index contributed by atoms with van der Waals surface area (Å²) in [6.45, 7) is 0.291. The van der Waals surface area contributed by atoms with Gasteiger partial charge in [-0.1, -0.05) is 0 Å². The maximum atomic E-state index is 9.99. The van der Waals surface area contributed by atoms with Gasteiger partial charge in [0.25, 0.3) is 10.1 Å². The molecule has 11 heteroatoms. The summed E-state index contributed by atoms with van der Waals surface area (Å²) in [6, 6.07) is -1.06.